The Labute approximate surface area is 239 Å². The minimum atomic E-state index is -1.03. The molecule has 0 aliphatic heterocycles. The topological polar surface area (TPSA) is 131 Å². The van der Waals surface area contributed by atoms with E-state index in [0.29, 0.717) is 27.0 Å². The Kier molecular flexibility index (Phi) is 12.9. The third-order valence-electron chi connectivity index (χ3n) is 4.90. The molecule has 0 saturated heterocycles. The second-order valence-electron chi connectivity index (χ2n) is 7.90. The van der Waals surface area contributed by atoms with Crippen molar-refractivity contribution in [3.05, 3.63) is 58.1 Å². The Hall–Kier alpha value is -2.73. The van der Waals surface area contributed by atoms with Crippen LogP contribution in [0.4, 0.5) is 11.4 Å². The number of rotatable bonds is 12. The van der Waals surface area contributed by atoms with Crippen LogP contribution < -0.4 is 16.0 Å². The van der Waals surface area contributed by atoms with Gasteiger partial charge in [-0.05, 0) is 23.8 Å². The number of esters is 1. The van der Waals surface area contributed by atoms with Gasteiger partial charge in [-0.1, -0.05) is 71.0 Å². The predicted molar refractivity (Wildman–Crippen MR) is 152 cm³/mol. The van der Waals surface area contributed by atoms with Crippen LogP contribution in [0.2, 0.25) is 10.0 Å². The van der Waals surface area contributed by atoms with Crippen molar-refractivity contribution in [1.29, 1.82) is 0 Å². The number of carbonyl (C=O) groups is 5. The number of thioether (sulfide) groups is 2. The number of nitrogens with one attached hydrogen (secondary N) is 3. The first-order valence-electron chi connectivity index (χ1n) is 11.2. The van der Waals surface area contributed by atoms with Gasteiger partial charge >= 0.3 is 5.97 Å². The largest absolute Gasteiger partial charge is 0.467 e. The summed E-state index contributed by atoms with van der Waals surface area (Å²) >= 11 is 14.2. The number of anilines is 2. The maximum atomic E-state index is 12.8. The molecular formula is C25H27Cl2N3O6S2. The van der Waals surface area contributed by atoms with E-state index in [4.69, 9.17) is 23.2 Å². The third kappa shape index (κ3) is 10.2. The van der Waals surface area contributed by atoms with Gasteiger partial charge < -0.3 is 20.7 Å². The number of hydrogen-bond acceptors (Lipinski definition) is 9. The van der Waals surface area contributed by atoms with Gasteiger partial charge in [0.15, 0.2) is 5.12 Å². The average Bonchev–Trinajstić information content (AvgIpc) is 2.86. The lowest BCUT2D eigenvalue weighted by Gasteiger charge is -2.18. The van der Waals surface area contributed by atoms with Crippen LogP contribution in [0.3, 0.4) is 0 Å². The summed E-state index contributed by atoms with van der Waals surface area (Å²) < 4.78 is 4.65. The summed E-state index contributed by atoms with van der Waals surface area (Å²) in [6, 6.07) is 10.3. The number of benzene rings is 2. The molecule has 2 atom stereocenters. The van der Waals surface area contributed by atoms with Crippen molar-refractivity contribution >= 4 is 86.1 Å². The monoisotopic (exact) mass is 599 g/mol. The van der Waals surface area contributed by atoms with Crippen LogP contribution in [0.1, 0.15) is 19.4 Å². The molecule has 2 amide bonds. The Morgan fingerprint density at radius 3 is 2.03 bits per heavy atom. The van der Waals surface area contributed by atoms with Gasteiger partial charge in [0.05, 0.1) is 22.8 Å². The molecule has 0 spiro atoms. The molecule has 0 fully saturated rings. The molecule has 3 N–H and O–H groups in total. The van der Waals surface area contributed by atoms with Gasteiger partial charge in [-0.2, -0.15) is 0 Å². The van der Waals surface area contributed by atoms with Crippen molar-refractivity contribution in [2.45, 2.75) is 32.4 Å². The number of hydrogen-bond donors (Lipinski definition) is 3. The minimum absolute atomic E-state index is 0.0147. The first kappa shape index (κ1) is 31.5. The fraction of sp³-hybridized carbons (Fsp3) is 0.320. The molecule has 2 aromatic rings. The fourth-order valence-corrected chi connectivity index (χ4v) is 5.50. The van der Waals surface area contributed by atoms with Crippen molar-refractivity contribution in [2.24, 2.45) is 0 Å². The third-order valence-corrected chi connectivity index (χ3v) is 7.57. The molecule has 0 aliphatic rings. The molecular weight excluding hydrogens is 573 g/mol. The van der Waals surface area contributed by atoms with Crippen LogP contribution in [0.25, 0.3) is 0 Å². The highest BCUT2D eigenvalue weighted by Gasteiger charge is 2.26. The van der Waals surface area contributed by atoms with E-state index in [-0.39, 0.29) is 23.0 Å². The molecule has 0 aromatic heterocycles. The van der Waals surface area contributed by atoms with Crippen LogP contribution in [0.5, 0.6) is 0 Å². The van der Waals surface area contributed by atoms with Crippen molar-refractivity contribution < 1.29 is 28.7 Å². The quantitative estimate of drug-likeness (QED) is 0.310. The number of methoxy groups -OCH3 is 1. The van der Waals surface area contributed by atoms with Crippen LogP contribution in [-0.4, -0.2) is 58.7 Å². The first-order valence-corrected chi connectivity index (χ1v) is 14.0. The fourth-order valence-electron chi connectivity index (χ4n) is 3.17. The van der Waals surface area contributed by atoms with E-state index in [1.807, 2.05) is 0 Å². The molecule has 9 nitrogen and oxygen atoms in total. The lowest BCUT2D eigenvalue weighted by Crippen LogP contribution is -2.44. The molecule has 0 heterocycles. The second-order valence-corrected chi connectivity index (χ2v) is 10.8. The molecule has 0 saturated carbocycles. The molecule has 0 aliphatic carbocycles. The number of amides is 2. The zero-order chi connectivity index (χ0) is 28.2. The maximum Gasteiger partial charge on any atom is 0.329 e. The van der Waals surface area contributed by atoms with E-state index in [9.17, 15) is 24.0 Å². The number of carbonyl (C=O) groups excluding carboxylic acids is 5. The molecule has 204 valence electrons. The maximum absolute atomic E-state index is 12.8. The summed E-state index contributed by atoms with van der Waals surface area (Å²) in [7, 11) is 1.17. The number of halogens is 2. The summed E-state index contributed by atoms with van der Waals surface area (Å²) in [4.78, 5) is 60.5. The van der Waals surface area contributed by atoms with Gasteiger partial charge in [-0.25, -0.2) is 4.79 Å². The Morgan fingerprint density at radius 1 is 0.842 bits per heavy atom. The average molecular weight is 601 g/mol. The van der Waals surface area contributed by atoms with Crippen LogP contribution in [0.15, 0.2) is 42.5 Å². The molecule has 0 bridgehead atoms. The summed E-state index contributed by atoms with van der Waals surface area (Å²) in [5, 5.41) is 8.28. The number of ether oxygens (including phenoxy) is 1. The van der Waals surface area contributed by atoms with Crippen LogP contribution in [-0.2, 0) is 35.1 Å². The van der Waals surface area contributed by atoms with E-state index in [0.717, 1.165) is 23.5 Å². The van der Waals surface area contributed by atoms with Crippen molar-refractivity contribution in [3.63, 3.8) is 0 Å². The van der Waals surface area contributed by atoms with Gasteiger partial charge in [-0.3, -0.25) is 19.2 Å². The SMILES string of the molecule is COC(=O)C(CSC(=O)C(CSC(=O)Cc1ccccc1Nc1c(Cl)cccc1Cl)NC(C)=O)NC(C)=O. The Morgan fingerprint density at radius 2 is 1.42 bits per heavy atom. The van der Waals surface area contributed by atoms with Crippen LogP contribution in [0, 0.1) is 0 Å². The van der Waals surface area contributed by atoms with E-state index in [2.05, 4.69) is 20.7 Å². The lowest BCUT2D eigenvalue weighted by molar-refractivity contribution is -0.144. The molecule has 38 heavy (non-hydrogen) atoms. The van der Waals surface area contributed by atoms with E-state index >= 15 is 0 Å². The minimum Gasteiger partial charge on any atom is -0.467 e. The molecule has 2 unspecified atom stereocenters. The van der Waals surface area contributed by atoms with Crippen LogP contribution >= 0.6 is 46.7 Å². The van der Waals surface area contributed by atoms with Crippen molar-refractivity contribution in [2.75, 3.05) is 23.9 Å². The predicted octanol–water partition coefficient (Wildman–Crippen LogP) is 3.98. The van der Waals surface area contributed by atoms with Crippen molar-refractivity contribution in [3.8, 4) is 0 Å². The van der Waals surface area contributed by atoms with E-state index in [1.54, 1.807) is 42.5 Å². The highest BCUT2D eigenvalue weighted by Crippen LogP contribution is 2.34. The smallest absolute Gasteiger partial charge is 0.329 e. The zero-order valence-corrected chi connectivity index (χ0v) is 24.0. The highest BCUT2D eigenvalue weighted by atomic mass is 35.5. The summed E-state index contributed by atoms with van der Waals surface area (Å²) in [6.07, 6.45) is 0.0387. The van der Waals surface area contributed by atoms with Crippen molar-refractivity contribution in [1.82, 2.24) is 10.6 Å². The standard InChI is InChI=1S/C25H27Cl2N3O6S2/c1-14(31)28-20(24(34)36-3)12-38-25(35)21(29-15(2)32)13-37-22(33)11-16-7-4-5-10-19(16)30-23-17(26)8-6-9-18(23)27/h4-10,20-21,30H,11-13H2,1-3H3,(H,28,31)(H,29,32). The highest BCUT2D eigenvalue weighted by molar-refractivity contribution is 8.15. The Bertz CT molecular complexity index is 1180. The Balaban J connectivity index is 2.04. The summed E-state index contributed by atoms with van der Waals surface area (Å²) in [6.45, 7) is 2.50. The normalized spacial score (nSPS) is 12.1. The molecule has 2 aromatic carbocycles. The van der Waals surface area contributed by atoms with E-state index < -0.39 is 35.0 Å². The van der Waals surface area contributed by atoms with Gasteiger partial charge in [0.25, 0.3) is 0 Å². The summed E-state index contributed by atoms with van der Waals surface area (Å²) in [5.74, 6) is -1.72. The molecule has 0 radical (unpaired) electrons. The molecule has 2 rings (SSSR count). The molecule has 13 heteroatoms. The number of para-hydroxylation sites is 2. The van der Waals surface area contributed by atoms with Gasteiger partial charge in [0.2, 0.25) is 16.9 Å². The van der Waals surface area contributed by atoms with E-state index in [1.165, 1.54) is 21.0 Å². The first-order chi connectivity index (χ1) is 18.0. The second kappa shape index (κ2) is 15.6. The van der Waals surface area contributed by atoms with Gasteiger partial charge in [0.1, 0.15) is 12.1 Å². The van der Waals surface area contributed by atoms with Gasteiger partial charge in [0, 0.05) is 37.5 Å². The zero-order valence-electron chi connectivity index (χ0n) is 20.8. The lowest BCUT2D eigenvalue weighted by atomic mass is 10.1. The summed E-state index contributed by atoms with van der Waals surface area (Å²) in [5.41, 5.74) is 1.85. The van der Waals surface area contributed by atoms with Gasteiger partial charge in [-0.15, -0.1) is 0 Å².